The van der Waals surface area contributed by atoms with Gasteiger partial charge >= 0.3 is 0 Å². The third kappa shape index (κ3) is 4.11. The summed E-state index contributed by atoms with van der Waals surface area (Å²) in [5.41, 5.74) is 7.10. The number of rotatable bonds is 8. The lowest BCUT2D eigenvalue weighted by atomic mass is 10.0. The van der Waals surface area contributed by atoms with E-state index in [9.17, 15) is 0 Å². The Morgan fingerprint density at radius 3 is 2.75 bits per heavy atom. The zero-order chi connectivity index (χ0) is 15.0. The summed E-state index contributed by atoms with van der Waals surface area (Å²) in [5, 5.41) is 15.3. The van der Waals surface area contributed by atoms with Gasteiger partial charge in [-0.05, 0) is 30.7 Å². The van der Waals surface area contributed by atoms with Crippen LogP contribution < -0.4 is 11.1 Å². The van der Waals surface area contributed by atoms with Crippen molar-refractivity contribution in [2.45, 2.75) is 38.0 Å². The molecule has 0 fully saturated rings. The van der Waals surface area contributed by atoms with Crippen LogP contribution in [0.1, 0.15) is 37.9 Å². The Kier molecular flexibility index (Phi) is 6.81. The smallest absolute Gasteiger partial charge is 0.189 e. The van der Waals surface area contributed by atoms with E-state index < -0.39 is 0 Å². The fourth-order valence-electron chi connectivity index (χ4n) is 2.15. The highest BCUT2D eigenvalue weighted by Crippen LogP contribution is 2.29. The lowest BCUT2D eigenvalue weighted by Gasteiger charge is -2.30. The van der Waals surface area contributed by atoms with Crippen LogP contribution in [0.2, 0.25) is 0 Å². The summed E-state index contributed by atoms with van der Waals surface area (Å²) < 4.78 is 0.263. The number of pyridine rings is 1. The molecule has 1 rings (SSSR count). The Hall–Kier alpha value is -1.27. The molecule has 0 bridgehead atoms. The maximum atomic E-state index is 8.78. The summed E-state index contributed by atoms with van der Waals surface area (Å²) in [7, 11) is 0. The molecule has 0 aliphatic carbocycles. The van der Waals surface area contributed by atoms with E-state index >= 15 is 0 Å². The molecular formula is C14H24N4OS. The van der Waals surface area contributed by atoms with Gasteiger partial charge in [0, 0.05) is 24.0 Å². The number of nitrogens with two attached hydrogens (primary N) is 1. The molecule has 1 aromatic rings. The van der Waals surface area contributed by atoms with E-state index in [0.29, 0.717) is 12.2 Å². The van der Waals surface area contributed by atoms with Crippen molar-refractivity contribution in [3.05, 3.63) is 29.6 Å². The van der Waals surface area contributed by atoms with Crippen molar-refractivity contribution in [2.75, 3.05) is 12.8 Å². The summed E-state index contributed by atoms with van der Waals surface area (Å²) in [6.07, 6.45) is 6.04. The third-order valence-electron chi connectivity index (χ3n) is 3.73. The van der Waals surface area contributed by atoms with E-state index in [0.717, 1.165) is 24.9 Å². The second-order valence-corrected chi connectivity index (χ2v) is 5.97. The lowest BCUT2D eigenvalue weighted by molar-refractivity contribution is 0.318. The van der Waals surface area contributed by atoms with E-state index in [1.165, 1.54) is 0 Å². The highest BCUT2D eigenvalue weighted by Gasteiger charge is 2.24. The van der Waals surface area contributed by atoms with Crippen LogP contribution in [-0.4, -0.2) is 33.6 Å². The molecule has 4 N–H and O–H groups in total. The lowest BCUT2D eigenvalue weighted by Crippen LogP contribution is -2.36. The molecule has 0 aliphatic heterocycles. The van der Waals surface area contributed by atoms with Gasteiger partial charge < -0.3 is 16.3 Å². The van der Waals surface area contributed by atoms with Gasteiger partial charge in [-0.2, -0.15) is 11.8 Å². The predicted molar refractivity (Wildman–Crippen MR) is 85.3 cm³/mol. The monoisotopic (exact) mass is 296 g/mol. The molecule has 0 saturated carbocycles. The molecule has 1 aromatic heterocycles. The first-order valence-electron chi connectivity index (χ1n) is 6.80. The number of hydrogen-bond donors (Lipinski definition) is 3. The largest absolute Gasteiger partial charge is 0.409 e. The van der Waals surface area contributed by atoms with Crippen LogP contribution >= 0.6 is 11.8 Å². The average Bonchev–Trinajstić information content (AvgIpc) is 2.52. The number of aromatic nitrogens is 1. The quantitative estimate of drug-likeness (QED) is 0.296. The Morgan fingerprint density at radius 1 is 1.50 bits per heavy atom. The first-order valence-corrected chi connectivity index (χ1v) is 8.02. The van der Waals surface area contributed by atoms with Gasteiger partial charge in [-0.1, -0.05) is 25.1 Å². The highest BCUT2D eigenvalue weighted by atomic mass is 32.2. The summed E-state index contributed by atoms with van der Waals surface area (Å²) in [4.78, 5) is 4.16. The molecule has 6 heteroatoms. The average molecular weight is 296 g/mol. The van der Waals surface area contributed by atoms with Crippen LogP contribution in [0.4, 0.5) is 0 Å². The van der Waals surface area contributed by atoms with E-state index in [-0.39, 0.29) is 10.6 Å². The van der Waals surface area contributed by atoms with Gasteiger partial charge in [-0.15, -0.1) is 0 Å². The molecule has 5 nitrogen and oxygen atoms in total. The maximum Gasteiger partial charge on any atom is 0.189 e. The van der Waals surface area contributed by atoms with Crippen LogP contribution in [0.25, 0.3) is 0 Å². The molecule has 0 aromatic carbocycles. The van der Waals surface area contributed by atoms with Gasteiger partial charge in [0.2, 0.25) is 0 Å². The van der Waals surface area contributed by atoms with Gasteiger partial charge in [-0.25, -0.2) is 0 Å². The van der Waals surface area contributed by atoms with E-state index in [2.05, 4.69) is 35.6 Å². The maximum absolute atomic E-state index is 8.78. The van der Waals surface area contributed by atoms with Crippen molar-refractivity contribution in [1.29, 1.82) is 0 Å². The standard InChI is InChI=1S/C14H24N4OS/c1-4-14(5-2,20-3)10-16-9-11-7-6-8-17-12(11)13(15)18-19/h6-8,16,19H,4-5,9-10H2,1-3H3,(H2,15,18). The van der Waals surface area contributed by atoms with Gasteiger partial charge in [-0.3, -0.25) is 4.98 Å². The summed E-state index contributed by atoms with van der Waals surface area (Å²) in [5.74, 6) is 0.0458. The number of nitrogens with zero attached hydrogens (tertiary/aromatic N) is 2. The van der Waals surface area contributed by atoms with Gasteiger partial charge in [0.1, 0.15) is 5.69 Å². The molecule has 0 unspecified atom stereocenters. The minimum Gasteiger partial charge on any atom is -0.409 e. The molecule has 0 aliphatic rings. The first kappa shape index (κ1) is 16.8. The second kappa shape index (κ2) is 8.11. The third-order valence-corrected chi connectivity index (χ3v) is 5.31. The minimum atomic E-state index is 0.0458. The fourth-order valence-corrected chi connectivity index (χ4v) is 2.97. The van der Waals surface area contributed by atoms with Gasteiger partial charge in [0.25, 0.3) is 0 Å². The Bertz CT molecular complexity index is 438. The molecule has 0 radical (unpaired) electrons. The van der Waals surface area contributed by atoms with Crippen LogP contribution in [0.15, 0.2) is 23.5 Å². The van der Waals surface area contributed by atoms with Crippen molar-refractivity contribution in [2.24, 2.45) is 10.9 Å². The zero-order valence-electron chi connectivity index (χ0n) is 12.4. The van der Waals surface area contributed by atoms with Crippen molar-refractivity contribution in [3.63, 3.8) is 0 Å². The number of nitrogens with one attached hydrogen (secondary N) is 1. The fraction of sp³-hybridized carbons (Fsp3) is 0.571. The predicted octanol–water partition coefficient (Wildman–Crippen LogP) is 2.19. The zero-order valence-corrected chi connectivity index (χ0v) is 13.2. The molecule has 112 valence electrons. The number of oxime groups is 1. The molecule has 0 spiro atoms. The number of thioether (sulfide) groups is 1. The molecule has 0 amide bonds. The summed E-state index contributed by atoms with van der Waals surface area (Å²) >= 11 is 1.90. The molecule has 1 heterocycles. The SMILES string of the molecule is CCC(CC)(CNCc1cccnc1/C(N)=N/O)SC. The second-order valence-electron chi connectivity index (χ2n) is 4.69. The van der Waals surface area contributed by atoms with E-state index in [1.807, 2.05) is 23.9 Å². The van der Waals surface area contributed by atoms with E-state index in [4.69, 9.17) is 10.9 Å². The van der Waals surface area contributed by atoms with Crippen LogP contribution in [0.3, 0.4) is 0 Å². The summed E-state index contributed by atoms with van der Waals surface area (Å²) in [6, 6.07) is 3.79. The molecule has 20 heavy (non-hydrogen) atoms. The highest BCUT2D eigenvalue weighted by molar-refractivity contribution is 8.00. The molecule has 0 saturated heterocycles. The molecule has 0 atom stereocenters. The van der Waals surface area contributed by atoms with Gasteiger partial charge in [0.15, 0.2) is 5.84 Å². The Labute approximate surface area is 125 Å². The summed E-state index contributed by atoms with van der Waals surface area (Å²) in [6.45, 7) is 6.01. The Balaban J connectivity index is 2.71. The molecular weight excluding hydrogens is 272 g/mol. The van der Waals surface area contributed by atoms with Crippen LogP contribution in [0.5, 0.6) is 0 Å². The topological polar surface area (TPSA) is 83.5 Å². The number of hydrogen-bond acceptors (Lipinski definition) is 5. The van der Waals surface area contributed by atoms with Gasteiger partial charge in [0.05, 0.1) is 0 Å². The van der Waals surface area contributed by atoms with Crippen molar-refractivity contribution < 1.29 is 5.21 Å². The van der Waals surface area contributed by atoms with E-state index in [1.54, 1.807) is 6.20 Å². The number of amidine groups is 1. The Morgan fingerprint density at radius 2 is 2.20 bits per heavy atom. The van der Waals surface area contributed by atoms with Crippen LogP contribution in [-0.2, 0) is 6.54 Å². The minimum absolute atomic E-state index is 0.0458. The van der Waals surface area contributed by atoms with Crippen molar-refractivity contribution in [1.82, 2.24) is 10.3 Å². The van der Waals surface area contributed by atoms with Crippen molar-refractivity contribution >= 4 is 17.6 Å². The van der Waals surface area contributed by atoms with Crippen molar-refractivity contribution in [3.8, 4) is 0 Å². The first-order chi connectivity index (χ1) is 9.62. The van der Waals surface area contributed by atoms with Crippen LogP contribution in [0, 0.1) is 0 Å². The normalized spacial score (nSPS) is 12.7.